The van der Waals surface area contributed by atoms with E-state index in [1.807, 2.05) is 84.9 Å². The number of aliphatic carboxylic acids is 1. The highest BCUT2D eigenvalue weighted by atomic mass is 16.6. The molecule has 0 unspecified atom stereocenters. The molecule has 0 aliphatic carbocycles. The Balaban J connectivity index is 1.57. The molecule has 3 aromatic carbocycles. The second kappa shape index (κ2) is 17.8. The van der Waals surface area contributed by atoms with E-state index in [1.54, 1.807) is 27.0 Å². The number of aromatic nitrogens is 1. The lowest BCUT2D eigenvalue weighted by Crippen LogP contribution is -2.57. The van der Waals surface area contributed by atoms with Crippen LogP contribution in [0, 0.1) is 0 Å². The van der Waals surface area contributed by atoms with Crippen LogP contribution in [0.15, 0.2) is 91.1 Å². The number of carbonyl (C=O) groups excluding carboxylic acids is 4. The SMILES string of the molecule is CC(C)(C)OC(=O)N[C@H](CC(=O)N[C@@H](Cc1c[nH]c2ccccc12)C(=O)N[C@@H](Cc1ccccc1)C(=O)N[C@@H](CN)Cc1ccccc1)C(=O)O. The minimum absolute atomic E-state index is 0.0118. The molecule has 13 heteroatoms. The highest BCUT2D eigenvalue weighted by molar-refractivity contribution is 5.94. The molecular weight excluding hydrogens is 652 g/mol. The van der Waals surface area contributed by atoms with Crippen molar-refractivity contribution in [3.63, 3.8) is 0 Å². The maximum Gasteiger partial charge on any atom is 0.408 e. The lowest BCUT2D eigenvalue weighted by molar-refractivity contribution is -0.141. The number of hydrogen-bond donors (Lipinski definition) is 7. The predicted molar refractivity (Wildman–Crippen MR) is 193 cm³/mol. The number of carboxylic acid groups (broad SMARTS) is 1. The Kier molecular flexibility index (Phi) is 13.3. The maximum atomic E-state index is 14.1. The highest BCUT2D eigenvalue weighted by Gasteiger charge is 2.31. The van der Waals surface area contributed by atoms with Gasteiger partial charge in [-0.1, -0.05) is 78.9 Å². The molecule has 8 N–H and O–H groups in total. The van der Waals surface area contributed by atoms with Crippen LogP contribution in [0.5, 0.6) is 0 Å². The Morgan fingerprint density at radius 3 is 1.90 bits per heavy atom. The van der Waals surface area contributed by atoms with Gasteiger partial charge in [0, 0.05) is 42.5 Å². The molecule has 4 rings (SSSR count). The summed E-state index contributed by atoms with van der Waals surface area (Å²) in [5, 5.41) is 21.2. The van der Waals surface area contributed by atoms with Crippen molar-refractivity contribution in [3.05, 3.63) is 108 Å². The zero-order valence-electron chi connectivity index (χ0n) is 29.0. The number of carbonyl (C=O) groups is 5. The number of para-hydroxylation sites is 1. The summed E-state index contributed by atoms with van der Waals surface area (Å²) >= 11 is 0. The van der Waals surface area contributed by atoms with Crippen LogP contribution < -0.4 is 27.0 Å². The van der Waals surface area contributed by atoms with Crippen LogP contribution in [0.3, 0.4) is 0 Å². The van der Waals surface area contributed by atoms with Crippen molar-refractivity contribution in [3.8, 4) is 0 Å². The van der Waals surface area contributed by atoms with Crippen LogP contribution in [-0.2, 0) is 43.2 Å². The quantitative estimate of drug-likeness (QED) is 0.0925. The van der Waals surface area contributed by atoms with Gasteiger partial charge in [0.15, 0.2) is 0 Å². The molecule has 1 heterocycles. The number of nitrogens with one attached hydrogen (secondary N) is 5. The molecule has 4 aromatic rings. The number of nitrogens with two attached hydrogens (primary N) is 1. The first-order valence-electron chi connectivity index (χ1n) is 16.8. The number of amides is 4. The zero-order valence-corrected chi connectivity index (χ0v) is 29.0. The van der Waals surface area contributed by atoms with Crippen LogP contribution in [0.1, 0.15) is 43.9 Å². The van der Waals surface area contributed by atoms with E-state index >= 15 is 0 Å². The van der Waals surface area contributed by atoms with Gasteiger partial charge in [-0.3, -0.25) is 14.4 Å². The first kappa shape index (κ1) is 38.1. The van der Waals surface area contributed by atoms with Gasteiger partial charge in [-0.25, -0.2) is 9.59 Å². The number of aromatic amines is 1. The lowest BCUT2D eigenvalue weighted by atomic mass is 10.0. The smallest absolute Gasteiger partial charge is 0.408 e. The number of carboxylic acids is 1. The standard InChI is InChI=1S/C38H46N6O7/c1-38(2,3)51-37(50)44-32(36(48)49)21-33(45)42-31(20-26-23-40-29-17-11-10-16-28(26)29)35(47)43-30(19-25-14-8-5-9-15-25)34(46)41-27(22-39)18-24-12-6-4-7-13-24/h4-17,23,27,30-32,40H,18-22,39H2,1-3H3,(H,41,46)(H,42,45)(H,43,47)(H,44,50)(H,48,49)/t27-,30+,31+,32-/m1/s1. The monoisotopic (exact) mass is 698 g/mol. The van der Waals surface area contributed by atoms with Crippen LogP contribution in [0.4, 0.5) is 4.79 Å². The minimum Gasteiger partial charge on any atom is -0.480 e. The van der Waals surface area contributed by atoms with Gasteiger partial charge in [0.25, 0.3) is 0 Å². The molecule has 0 fully saturated rings. The second-order valence-corrected chi connectivity index (χ2v) is 13.3. The van der Waals surface area contributed by atoms with Crippen molar-refractivity contribution in [2.45, 2.75) is 76.2 Å². The van der Waals surface area contributed by atoms with Crippen LogP contribution in [0.2, 0.25) is 0 Å². The van der Waals surface area contributed by atoms with E-state index in [0.717, 1.165) is 22.0 Å². The third-order valence-electron chi connectivity index (χ3n) is 8.00. The third-order valence-corrected chi connectivity index (χ3v) is 8.00. The topological polar surface area (TPSA) is 205 Å². The second-order valence-electron chi connectivity index (χ2n) is 13.3. The predicted octanol–water partition coefficient (Wildman–Crippen LogP) is 2.98. The first-order chi connectivity index (χ1) is 24.3. The van der Waals surface area contributed by atoms with Crippen molar-refractivity contribution in [2.24, 2.45) is 5.73 Å². The van der Waals surface area contributed by atoms with Crippen molar-refractivity contribution in [1.29, 1.82) is 0 Å². The normalized spacial score (nSPS) is 13.6. The Labute approximate surface area is 296 Å². The minimum atomic E-state index is -1.63. The van der Waals surface area contributed by atoms with Gasteiger partial charge in [-0.2, -0.15) is 0 Å². The van der Waals surface area contributed by atoms with E-state index in [1.165, 1.54) is 0 Å². The fourth-order valence-electron chi connectivity index (χ4n) is 5.54. The largest absolute Gasteiger partial charge is 0.480 e. The Bertz CT molecular complexity index is 1790. The van der Waals surface area contributed by atoms with E-state index in [4.69, 9.17) is 10.5 Å². The van der Waals surface area contributed by atoms with E-state index in [2.05, 4.69) is 26.3 Å². The number of hydrogen-bond acceptors (Lipinski definition) is 7. The summed E-state index contributed by atoms with van der Waals surface area (Å²) in [6, 6.07) is 21.9. The fourth-order valence-corrected chi connectivity index (χ4v) is 5.54. The number of benzene rings is 3. The number of fused-ring (bicyclic) bond motifs is 1. The number of alkyl carbamates (subject to hydrolysis) is 1. The highest BCUT2D eigenvalue weighted by Crippen LogP contribution is 2.20. The molecule has 0 saturated heterocycles. The Hall–Kier alpha value is -5.69. The summed E-state index contributed by atoms with van der Waals surface area (Å²) in [6.07, 6.45) is 0.681. The van der Waals surface area contributed by atoms with E-state index in [-0.39, 0.29) is 19.4 Å². The van der Waals surface area contributed by atoms with Crippen molar-refractivity contribution in [1.82, 2.24) is 26.3 Å². The summed E-state index contributed by atoms with van der Waals surface area (Å²) in [5.74, 6) is -3.39. The molecule has 4 atom stereocenters. The van der Waals surface area contributed by atoms with Crippen LogP contribution >= 0.6 is 0 Å². The summed E-state index contributed by atoms with van der Waals surface area (Å²) in [6.45, 7) is 5.02. The van der Waals surface area contributed by atoms with Gasteiger partial charge in [-0.15, -0.1) is 0 Å². The summed E-state index contributed by atoms with van der Waals surface area (Å²) in [5.41, 5.74) is 8.45. The van der Waals surface area contributed by atoms with Crippen molar-refractivity contribution >= 4 is 40.7 Å². The number of H-pyrrole nitrogens is 1. The molecule has 270 valence electrons. The van der Waals surface area contributed by atoms with Gasteiger partial charge in [0.05, 0.1) is 6.42 Å². The van der Waals surface area contributed by atoms with E-state index < -0.39 is 66.0 Å². The Morgan fingerprint density at radius 2 is 1.29 bits per heavy atom. The zero-order chi connectivity index (χ0) is 37.0. The van der Waals surface area contributed by atoms with Gasteiger partial charge in [0.1, 0.15) is 23.7 Å². The molecule has 0 radical (unpaired) electrons. The number of rotatable bonds is 16. The summed E-state index contributed by atoms with van der Waals surface area (Å²) < 4.78 is 5.16. The van der Waals surface area contributed by atoms with Gasteiger partial charge >= 0.3 is 12.1 Å². The van der Waals surface area contributed by atoms with Crippen molar-refractivity contribution < 1.29 is 33.8 Å². The molecule has 51 heavy (non-hydrogen) atoms. The molecule has 0 aliphatic rings. The van der Waals surface area contributed by atoms with Gasteiger partial charge < -0.3 is 41.8 Å². The first-order valence-corrected chi connectivity index (χ1v) is 16.8. The molecular formula is C38H46N6O7. The third kappa shape index (κ3) is 12.0. The average molecular weight is 699 g/mol. The molecule has 0 saturated carbocycles. The summed E-state index contributed by atoms with van der Waals surface area (Å²) in [7, 11) is 0. The van der Waals surface area contributed by atoms with Crippen LogP contribution in [-0.4, -0.2) is 76.2 Å². The molecule has 13 nitrogen and oxygen atoms in total. The fraction of sp³-hybridized carbons (Fsp3) is 0.342. The average Bonchev–Trinajstić information content (AvgIpc) is 3.49. The van der Waals surface area contributed by atoms with Gasteiger partial charge in [-0.05, 0) is 49.9 Å². The molecule has 0 bridgehead atoms. The molecule has 1 aromatic heterocycles. The van der Waals surface area contributed by atoms with E-state index in [9.17, 15) is 29.1 Å². The van der Waals surface area contributed by atoms with Gasteiger partial charge in [0.2, 0.25) is 17.7 Å². The molecule has 0 spiro atoms. The van der Waals surface area contributed by atoms with E-state index in [0.29, 0.717) is 12.0 Å². The molecule has 0 aliphatic heterocycles. The number of ether oxygens (including phenoxy) is 1. The molecule has 4 amide bonds. The summed E-state index contributed by atoms with van der Waals surface area (Å²) in [4.78, 5) is 68.7. The van der Waals surface area contributed by atoms with Crippen molar-refractivity contribution in [2.75, 3.05) is 6.54 Å². The van der Waals surface area contributed by atoms with Crippen LogP contribution in [0.25, 0.3) is 10.9 Å². The lowest BCUT2D eigenvalue weighted by Gasteiger charge is -2.26. The maximum absolute atomic E-state index is 14.1. The Morgan fingerprint density at radius 1 is 0.725 bits per heavy atom.